The number of carbonyl (C=O) groups is 4. The summed E-state index contributed by atoms with van der Waals surface area (Å²) in [7, 11) is 3.87. The number of thiophene rings is 1. The van der Waals surface area contributed by atoms with E-state index in [9.17, 15) is 19.2 Å². The van der Waals surface area contributed by atoms with Crippen LogP contribution in [0.2, 0.25) is 0 Å². The van der Waals surface area contributed by atoms with Gasteiger partial charge < -0.3 is 19.3 Å². The summed E-state index contributed by atoms with van der Waals surface area (Å²) in [4.78, 5) is 60.5. The molecule has 41 heavy (non-hydrogen) atoms. The maximum atomic E-state index is 13.1. The van der Waals surface area contributed by atoms with Crippen molar-refractivity contribution in [2.24, 2.45) is 0 Å². The van der Waals surface area contributed by atoms with E-state index in [1.165, 1.54) is 17.4 Å². The van der Waals surface area contributed by atoms with Gasteiger partial charge in [0.2, 0.25) is 11.8 Å². The van der Waals surface area contributed by atoms with Gasteiger partial charge in [-0.2, -0.15) is 0 Å². The van der Waals surface area contributed by atoms with E-state index in [1.807, 2.05) is 53.2 Å². The third-order valence-electron chi connectivity index (χ3n) is 8.73. The van der Waals surface area contributed by atoms with Crippen LogP contribution in [0.15, 0.2) is 23.1 Å². The maximum Gasteiger partial charge on any atom is 0.345 e. The fourth-order valence-corrected chi connectivity index (χ4v) is 6.25. The number of nitrogens with zero attached hydrogens (tertiary/aromatic N) is 4. The Kier molecular flexibility index (Phi) is 9.47. The lowest BCUT2D eigenvalue weighted by atomic mass is 9.88. The molecule has 0 saturated carbocycles. The Hall–Kier alpha value is -2.76. The summed E-state index contributed by atoms with van der Waals surface area (Å²) < 4.78 is 11.0. The SMILES string of the molecule is CN1C(C)(C)CN(CCOC(=O)C(=Cc2cccs2)C(=O)OCCN2CC(C)(C)N(C)C(C)(C)C2=O)C(=O)C1(C)C. The van der Waals surface area contributed by atoms with Gasteiger partial charge in [0, 0.05) is 29.0 Å². The van der Waals surface area contributed by atoms with Crippen molar-refractivity contribution in [3.8, 4) is 0 Å². The van der Waals surface area contributed by atoms with Gasteiger partial charge in [-0.25, -0.2) is 9.59 Å². The van der Waals surface area contributed by atoms with Crippen LogP contribution in [0.3, 0.4) is 0 Å². The molecule has 2 amide bonds. The van der Waals surface area contributed by atoms with E-state index in [0.717, 1.165) is 0 Å². The van der Waals surface area contributed by atoms with Crippen molar-refractivity contribution in [3.63, 3.8) is 0 Å². The van der Waals surface area contributed by atoms with E-state index >= 15 is 0 Å². The molecule has 0 aliphatic carbocycles. The molecule has 0 unspecified atom stereocenters. The number of hydrogen-bond acceptors (Lipinski definition) is 9. The Labute approximate surface area is 248 Å². The van der Waals surface area contributed by atoms with Gasteiger partial charge >= 0.3 is 11.9 Å². The third-order valence-corrected chi connectivity index (χ3v) is 9.55. The van der Waals surface area contributed by atoms with Crippen molar-refractivity contribution in [2.75, 3.05) is 53.5 Å². The van der Waals surface area contributed by atoms with Gasteiger partial charge in [0.1, 0.15) is 18.8 Å². The Morgan fingerprint density at radius 2 is 1.22 bits per heavy atom. The van der Waals surface area contributed by atoms with Gasteiger partial charge in [-0.15, -0.1) is 11.3 Å². The van der Waals surface area contributed by atoms with Crippen molar-refractivity contribution in [2.45, 2.75) is 77.5 Å². The summed E-state index contributed by atoms with van der Waals surface area (Å²) in [6.07, 6.45) is 1.45. The molecule has 0 atom stereocenters. The molecule has 228 valence electrons. The minimum Gasteiger partial charge on any atom is -0.460 e. The zero-order valence-corrected chi connectivity index (χ0v) is 27.0. The van der Waals surface area contributed by atoms with Crippen LogP contribution in [0.5, 0.6) is 0 Å². The Balaban J connectivity index is 1.64. The summed E-state index contributed by atoms with van der Waals surface area (Å²) >= 11 is 1.37. The molecule has 1 aromatic heterocycles. The van der Waals surface area contributed by atoms with Crippen molar-refractivity contribution in [1.82, 2.24) is 19.6 Å². The zero-order valence-electron chi connectivity index (χ0n) is 26.2. The van der Waals surface area contributed by atoms with Crippen LogP contribution >= 0.6 is 11.3 Å². The number of rotatable bonds is 9. The fraction of sp³-hybridized carbons (Fsp3) is 0.667. The highest BCUT2D eigenvalue weighted by molar-refractivity contribution is 7.10. The van der Waals surface area contributed by atoms with E-state index in [2.05, 4.69) is 37.5 Å². The zero-order chi connectivity index (χ0) is 31.0. The van der Waals surface area contributed by atoms with Crippen LogP contribution in [-0.4, -0.2) is 119 Å². The molecule has 0 aromatic carbocycles. The normalized spacial score (nSPS) is 21.9. The molecule has 10 nitrogen and oxygen atoms in total. The van der Waals surface area contributed by atoms with E-state index in [1.54, 1.807) is 15.9 Å². The van der Waals surface area contributed by atoms with Crippen LogP contribution in [-0.2, 0) is 28.7 Å². The smallest absolute Gasteiger partial charge is 0.345 e. The molecular formula is C30H46N4O6S. The molecule has 0 bridgehead atoms. The number of esters is 2. The standard InChI is InChI=1S/C30H46N4O6S/c1-27(2)19-33(25(37)29(5,6)31(27)9)13-15-39-23(35)22(18-21-12-11-17-41-21)24(36)40-16-14-34-20-28(3,4)32(10)30(7,8)26(34)38/h11-12,17-18H,13-16,19-20H2,1-10H3. The Morgan fingerprint density at radius 3 is 1.59 bits per heavy atom. The number of likely N-dealkylation sites (N-methyl/N-ethyl adjacent to an activating group) is 2. The van der Waals surface area contributed by atoms with Crippen molar-refractivity contribution in [3.05, 3.63) is 28.0 Å². The number of carbonyl (C=O) groups excluding carboxylic acids is 4. The van der Waals surface area contributed by atoms with Gasteiger partial charge in [-0.05, 0) is 87.0 Å². The molecule has 0 spiro atoms. The van der Waals surface area contributed by atoms with Gasteiger partial charge in [-0.1, -0.05) is 6.07 Å². The molecule has 3 rings (SSSR count). The van der Waals surface area contributed by atoms with Crippen molar-refractivity contribution in [1.29, 1.82) is 0 Å². The summed E-state index contributed by atoms with van der Waals surface area (Å²) in [6, 6.07) is 3.60. The third kappa shape index (κ3) is 6.84. The number of amides is 2. The first-order valence-corrected chi connectivity index (χ1v) is 14.9. The van der Waals surface area contributed by atoms with Crippen molar-refractivity contribution >= 4 is 41.2 Å². The first kappa shape index (κ1) is 32.8. The second kappa shape index (κ2) is 11.9. The molecule has 2 saturated heterocycles. The van der Waals surface area contributed by atoms with Gasteiger partial charge in [0.25, 0.3) is 0 Å². The Morgan fingerprint density at radius 1 is 0.805 bits per heavy atom. The summed E-state index contributed by atoms with van der Waals surface area (Å²) in [5, 5.41) is 1.84. The molecule has 0 N–H and O–H groups in total. The average Bonchev–Trinajstić information content (AvgIpc) is 3.40. The highest BCUT2D eigenvalue weighted by atomic mass is 32.1. The molecule has 0 radical (unpaired) electrons. The van der Waals surface area contributed by atoms with E-state index in [-0.39, 0.29) is 54.8 Å². The minimum absolute atomic E-state index is 0.0473. The quantitative estimate of drug-likeness (QED) is 0.187. The summed E-state index contributed by atoms with van der Waals surface area (Å²) in [5.41, 5.74) is -2.15. The minimum atomic E-state index is -0.818. The lowest BCUT2D eigenvalue weighted by Gasteiger charge is -2.53. The first-order valence-electron chi connectivity index (χ1n) is 14.0. The lowest BCUT2D eigenvalue weighted by Crippen LogP contribution is -2.70. The molecule has 11 heteroatoms. The number of piperazine rings is 2. The van der Waals surface area contributed by atoms with E-state index in [0.29, 0.717) is 18.0 Å². The monoisotopic (exact) mass is 590 g/mol. The average molecular weight is 591 g/mol. The fourth-order valence-electron chi connectivity index (χ4n) is 5.59. The molecule has 2 aliphatic heterocycles. The summed E-state index contributed by atoms with van der Waals surface area (Å²) in [6.45, 7) is 17.1. The van der Waals surface area contributed by atoms with Crippen LogP contribution < -0.4 is 0 Å². The topological polar surface area (TPSA) is 99.7 Å². The van der Waals surface area contributed by atoms with Crippen LogP contribution in [0.25, 0.3) is 6.08 Å². The molecule has 3 heterocycles. The maximum absolute atomic E-state index is 13.1. The second-order valence-electron chi connectivity index (χ2n) is 13.2. The summed E-state index contributed by atoms with van der Waals surface area (Å²) in [5.74, 6) is -1.73. The van der Waals surface area contributed by atoms with Gasteiger partial charge in [-0.3, -0.25) is 19.4 Å². The predicted molar refractivity (Wildman–Crippen MR) is 159 cm³/mol. The van der Waals surface area contributed by atoms with Crippen LogP contribution in [0.4, 0.5) is 0 Å². The predicted octanol–water partition coefficient (Wildman–Crippen LogP) is 2.88. The largest absolute Gasteiger partial charge is 0.460 e. The van der Waals surface area contributed by atoms with Crippen LogP contribution in [0.1, 0.15) is 60.3 Å². The Bertz CT molecular complexity index is 1120. The number of ether oxygens (including phenoxy) is 2. The first-order chi connectivity index (χ1) is 18.8. The highest BCUT2D eigenvalue weighted by Gasteiger charge is 2.49. The molecular weight excluding hydrogens is 544 g/mol. The molecule has 2 fully saturated rings. The van der Waals surface area contributed by atoms with Crippen molar-refractivity contribution < 1.29 is 28.7 Å². The number of hydrogen-bond donors (Lipinski definition) is 0. The van der Waals surface area contributed by atoms with E-state index < -0.39 is 23.0 Å². The van der Waals surface area contributed by atoms with Crippen LogP contribution in [0, 0.1) is 0 Å². The second-order valence-corrected chi connectivity index (χ2v) is 14.1. The highest BCUT2D eigenvalue weighted by Crippen LogP contribution is 2.32. The van der Waals surface area contributed by atoms with Gasteiger partial charge in [0.05, 0.1) is 24.2 Å². The van der Waals surface area contributed by atoms with E-state index in [4.69, 9.17) is 9.47 Å². The molecule has 2 aliphatic rings. The molecule has 1 aromatic rings. The lowest BCUT2D eigenvalue weighted by molar-refractivity contribution is -0.161. The van der Waals surface area contributed by atoms with Gasteiger partial charge in [0.15, 0.2) is 0 Å².